The molecule has 1 aliphatic heterocycles. The van der Waals surface area contributed by atoms with E-state index >= 15 is 0 Å². The molecule has 6 nitrogen and oxygen atoms in total. The molecule has 1 aliphatic carbocycles. The second-order valence-electron chi connectivity index (χ2n) is 6.89. The van der Waals surface area contributed by atoms with Crippen molar-refractivity contribution in [1.82, 2.24) is 5.32 Å². The number of carboxylic acid groups (broad SMARTS) is 1. The minimum atomic E-state index is -0.936. The average molecular weight is 367 g/mol. The molecule has 2 aliphatic rings. The Morgan fingerprint density at radius 1 is 1.04 bits per heavy atom. The Labute approximate surface area is 157 Å². The number of benzene rings is 2. The summed E-state index contributed by atoms with van der Waals surface area (Å²) in [5, 5.41) is 11.9. The predicted molar refractivity (Wildman–Crippen MR) is 98.4 cm³/mol. The van der Waals surface area contributed by atoms with Crippen molar-refractivity contribution in [2.24, 2.45) is 5.92 Å². The lowest BCUT2D eigenvalue weighted by atomic mass is 10.1. The Bertz CT molecular complexity index is 861. The van der Waals surface area contributed by atoms with Gasteiger partial charge in [0.1, 0.15) is 13.2 Å². The van der Waals surface area contributed by atoms with Crippen molar-refractivity contribution in [3.63, 3.8) is 0 Å². The summed E-state index contributed by atoms with van der Waals surface area (Å²) in [7, 11) is 0. The highest BCUT2D eigenvalue weighted by atomic mass is 16.6. The van der Waals surface area contributed by atoms with E-state index in [1.807, 2.05) is 18.2 Å². The maximum atomic E-state index is 12.4. The smallest absolute Gasteiger partial charge is 0.335 e. The quantitative estimate of drug-likeness (QED) is 0.820. The van der Waals surface area contributed by atoms with Crippen LogP contribution in [-0.4, -0.2) is 36.7 Å². The minimum Gasteiger partial charge on any atom is -0.486 e. The van der Waals surface area contributed by atoms with Crippen LogP contribution in [0.2, 0.25) is 0 Å². The van der Waals surface area contributed by atoms with Crippen LogP contribution in [0.4, 0.5) is 0 Å². The van der Waals surface area contributed by atoms with Crippen LogP contribution < -0.4 is 14.8 Å². The standard InChI is InChI=1S/C21H21NO5/c23-20(22-8-7-13-1-3-14(4-2-13)21(24)25)17-12-16(17)15-5-6-18-19(11-15)27-10-9-26-18/h1-6,11,16-17H,7-10,12H2,(H,22,23)(H,24,25)/t16-,17-/m1/s1. The van der Waals surface area contributed by atoms with Crippen LogP contribution in [0.25, 0.3) is 0 Å². The molecule has 1 saturated carbocycles. The van der Waals surface area contributed by atoms with E-state index in [0.717, 1.165) is 29.0 Å². The van der Waals surface area contributed by atoms with Gasteiger partial charge in [0.15, 0.2) is 11.5 Å². The molecule has 2 aromatic carbocycles. The largest absolute Gasteiger partial charge is 0.486 e. The van der Waals surface area contributed by atoms with Crippen molar-refractivity contribution >= 4 is 11.9 Å². The Hall–Kier alpha value is -3.02. The van der Waals surface area contributed by atoms with Crippen LogP contribution in [0.5, 0.6) is 11.5 Å². The fourth-order valence-electron chi connectivity index (χ4n) is 3.42. The van der Waals surface area contributed by atoms with Gasteiger partial charge in [-0.3, -0.25) is 4.79 Å². The van der Waals surface area contributed by atoms with E-state index in [-0.39, 0.29) is 23.3 Å². The Balaban J connectivity index is 1.27. The van der Waals surface area contributed by atoms with Crippen LogP contribution in [0, 0.1) is 5.92 Å². The zero-order valence-electron chi connectivity index (χ0n) is 14.8. The third-order valence-electron chi connectivity index (χ3n) is 5.04. The first kappa shape index (κ1) is 17.4. The van der Waals surface area contributed by atoms with E-state index in [0.29, 0.717) is 26.2 Å². The third kappa shape index (κ3) is 3.89. The summed E-state index contributed by atoms with van der Waals surface area (Å²) < 4.78 is 11.1. The first-order chi connectivity index (χ1) is 13.1. The normalized spacial score (nSPS) is 20.0. The van der Waals surface area contributed by atoms with Crippen molar-refractivity contribution < 1.29 is 24.2 Å². The summed E-state index contributed by atoms with van der Waals surface area (Å²) in [5.41, 5.74) is 2.38. The van der Waals surface area contributed by atoms with Crippen LogP contribution in [0.1, 0.15) is 33.8 Å². The zero-order chi connectivity index (χ0) is 18.8. The maximum Gasteiger partial charge on any atom is 0.335 e. The van der Waals surface area contributed by atoms with Crippen molar-refractivity contribution in [1.29, 1.82) is 0 Å². The van der Waals surface area contributed by atoms with E-state index in [1.54, 1.807) is 24.3 Å². The third-order valence-corrected chi connectivity index (χ3v) is 5.04. The first-order valence-corrected chi connectivity index (χ1v) is 9.11. The number of rotatable bonds is 6. The van der Waals surface area contributed by atoms with E-state index in [4.69, 9.17) is 14.6 Å². The number of carbonyl (C=O) groups excluding carboxylic acids is 1. The molecule has 0 bridgehead atoms. The number of carbonyl (C=O) groups is 2. The summed E-state index contributed by atoms with van der Waals surface area (Å²) >= 11 is 0. The molecule has 1 amide bonds. The Morgan fingerprint density at radius 3 is 2.52 bits per heavy atom. The van der Waals surface area contributed by atoms with Crippen LogP contribution in [0.15, 0.2) is 42.5 Å². The fraction of sp³-hybridized carbons (Fsp3) is 0.333. The lowest BCUT2D eigenvalue weighted by Gasteiger charge is -2.18. The Morgan fingerprint density at radius 2 is 1.78 bits per heavy atom. The van der Waals surface area contributed by atoms with Gasteiger partial charge in [-0.15, -0.1) is 0 Å². The zero-order valence-corrected chi connectivity index (χ0v) is 14.8. The first-order valence-electron chi connectivity index (χ1n) is 9.11. The van der Waals surface area contributed by atoms with E-state index in [9.17, 15) is 9.59 Å². The molecule has 0 radical (unpaired) electrons. The minimum absolute atomic E-state index is 0.00180. The number of ether oxygens (including phenoxy) is 2. The summed E-state index contributed by atoms with van der Waals surface area (Å²) in [5.74, 6) is 0.888. The van der Waals surface area contributed by atoms with Gasteiger partial charge in [-0.25, -0.2) is 4.79 Å². The molecular formula is C21H21NO5. The SMILES string of the molecule is O=C(O)c1ccc(CCNC(=O)[C@@H]2C[C@@H]2c2ccc3c(c2)OCCO3)cc1. The molecule has 4 rings (SSSR count). The number of carboxylic acids is 1. The summed E-state index contributed by atoms with van der Waals surface area (Å²) in [4.78, 5) is 23.2. The molecule has 1 heterocycles. The summed E-state index contributed by atoms with van der Waals surface area (Å²) in [6.45, 7) is 1.66. The lowest BCUT2D eigenvalue weighted by molar-refractivity contribution is -0.122. The molecule has 0 saturated heterocycles. The number of hydrogen-bond acceptors (Lipinski definition) is 4. The van der Waals surface area contributed by atoms with Gasteiger partial charge in [-0.2, -0.15) is 0 Å². The number of nitrogens with one attached hydrogen (secondary N) is 1. The van der Waals surface area contributed by atoms with E-state index in [2.05, 4.69) is 5.32 Å². The molecule has 2 aromatic rings. The van der Waals surface area contributed by atoms with Gasteiger partial charge >= 0.3 is 5.97 Å². The van der Waals surface area contributed by atoms with Crippen molar-refractivity contribution in [3.05, 3.63) is 59.2 Å². The van der Waals surface area contributed by atoms with Crippen LogP contribution >= 0.6 is 0 Å². The van der Waals surface area contributed by atoms with Gasteiger partial charge in [0.05, 0.1) is 5.56 Å². The van der Waals surface area contributed by atoms with Gasteiger partial charge in [0.2, 0.25) is 5.91 Å². The average Bonchev–Trinajstić information content (AvgIpc) is 3.49. The monoisotopic (exact) mass is 367 g/mol. The van der Waals surface area contributed by atoms with Gasteiger partial charge in [-0.05, 0) is 54.2 Å². The van der Waals surface area contributed by atoms with Crippen molar-refractivity contribution in [2.75, 3.05) is 19.8 Å². The molecule has 27 heavy (non-hydrogen) atoms. The van der Waals surface area contributed by atoms with Gasteiger partial charge < -0.3 is 19.9 Å². The summed E-state index contributed by atoms with van der Waals surface area (Å²) in [6, 6.07) is 12.6. The molecule has 6 heteroatoms. The second-order valence-corrected chi connectivity index (χ2v) is 6.89. The molecule has 0 unspecified atom stereocenters. The number of hydrogen-bond donors (Lipinski definition) is 2. The van der Waals surface area contributed by atoms with E-state index in [1.165, 1.54) is 0 Å². The highest BCUT2D eigenvalue weighted by molar-refractivity contribution is 5.87. The number of fused-ring (bicyclic) bond motifs is 1. The topological polar surface area (TPSA) is 84.9 Å². The Kier molecular flexibility index (Phi) is 4.71. The maximum absolute atomic E-state index is 12.4. The van der Waals surface area contributed by atoms with Crippen molar-refractivity contribution in [2.45, 2.75) is 18.8 Å². The van der Waals surface area contributed by atoms with E-state index < -0.39 is 5.97 Å². The second kappa shape index (κ2) is 7.31. The van der Waals surface area contributed by atoms with Gasteiger partial charge in [0, 0.05) is 12.5 Å². The fourth-order valence-corrected chi connectivity index (χ4v) is 3.42. The molecule has 0 aromatic heterocycles. The number of aromatic carboxylic acids is 1. The number of amides is 1. The highest BCUT2D eigenvalue weighted by Gasteiger charge is 2.44. The molecule has 0 spiro atoms. The molecule has 140 valence electrons. The lowest BCUT2D eigenvalue weighted by Crippen LogP contribution is -2.27. The van der Waals surface area contributed by atoms with Crippen LogP contribution in [0.3, 0.4) is 0 Å². The van der Waals surface area contributed by atoms with Gasteiger partial charge in [0.25, 0.3) is 0 Å². The molecular weight excluding hydrogens is 346 g/mol. The molecule has 2 atom stereocenters. The predicted octanol–water partition coefficient (Wildman–Crippen LogP) is 2.62. The summed E-state index contributed by atoms with van der Waals surface area (Å²) in [6.07, 6.45) is 1.52. The van der Waals surface area contributed by atoms with Crippen LogP contribution in [-0.2, 0) is 11.2 Å². The highest BCUT2D eigenvalue weighted by Crippen LogP contribution is 2.49. The van der Waals surface area contributed by atoms with Gasteiger partial charge in [-0.1, -0.05) is 18.2 Å². The van der Waals surface area contributed by atoms with Crippen molar-refractivity contribution in [3.8, 4) is 11.5 Å². The molecule has 2 N–H and O–H groups in total. The molecule has 1 fully saturated rings.